The summed E-state index contributed by atoms with van der Waals surface area (Å²) in [6.45, 7) is -0.383. The van der Waals surface area contributed by atoms with Crippen molar-refractivity contribution in [1.29, 1.82) is 0 Å². The SMILES string of the molecule is O=C(Nc1ccn(C[C@@H](O)CO)n1)[C@@H](CC1CCCCC1)n1ncc(Oc2c(F)cccc2F)cc1=O. The molecule has 1 aliphatic rings. The highest BCUT2D eigenvalue weighted by Crippen LogP contribution is 2.31. The van der Waals surface area contributed by atoms with E-state index in [2.05, 4.69) is 15.5 Å². The Balaban J connectivity index is 1.56. The van der Waals surface area contributed by atoms with E-state index in [4.69, 9.17) is 9.84 Å². The molecule has 0 aliphatic heterocycles. The van der Waals surface area contributed by atoms with Crippen LogP contribution in [0.5, 0.6) is 11.5 Å². The van der Waals surface area contributed by atoms with Crippen molar-refractivity contribution < 1.29 is 28.5 Å². The van der Waals surface area contributed by atoms with E-state index < -0.39 is 47.6 Å². The second-order valence-corrected chi connectivity index (χ2v) is 9.13. The summed E-state index contributed by atoms with van der Waals surface area (Å²) in [4.78, 5) is 26.3. The van der Waals surface area contributed by atoms with Crippen LogP contribution in [0.25, 0.3) is 0 Å². The Kier molecular flexibility index (Phi) is 8.62. The van der Waals surface area contributed by atoms with E-state index in [1.807, 2.05) is 0 Å². The normalized spacial score (nSPS) is 15.8. The Morgan fingerprint density at radius 2 is 1.92 bits per heavy atom. The number of hydrogen-bond acceptors (Lipinski definition) is 7. The van der Waals surface area contributed by atoms with Crippen LogP contribution in [0.4, 0.5) is 14.6 Å². The van der Waals surface area contributed by atoms with Crippen molar-refractivity contribution >= 4 is 11.7 Å². The zero-order chi connectivity index (χ0) is 26.4. The smallest absolute Gasteiger partial charge is 0.271 e. The molecule has 2 heterocycles. The molecular formula is C25H29F2N5O5. The van der Waals surface area contributed by atoms with E-state index in [0.717, 1.165) is 61.2 Å². The van der Waals surface area contributed by atoms with E-state index >= 15 is 0 Å². The molecule has 1 aromatic carbocycles. The topological polar surface area (TPSA) is 132 Å². The number of nitrogens with one attached hydrogen (secondary N) is 1. The standard InChI is InChI=1S/C25H29F2N5O5/c26-19-7-4-8-20(27)24(19)37-18-12-23(35)32(28-13-18)21(11-16-5-2-1-3-6-16)25(36)29-22-9-10-31(30-22)14-17(34)15-33/h4,7-10,12-13,16-17,21,33-34H,1-3,5-6,11,14-15H2,(H,29,30,36)/t17-,21-/m1/s1. The fraction of sp³-hybridized carbons (Fsp3) is 0.440. The molecule has 2 aromatic heterocycles. The van der Waals surface area contributed by atoms with Crippen molar-refractivity contribution in [2.75, 3.05) is 11.9 Å². The molecule has 0 radical (unpaired) electrons. The van der Waals surface area contributed by atoms with E-state index in [-0.39, 0.29) is 24.0 Å². The number of para-hydroxylation sites is 1. The van der Waals surface area contributed by atoms with Crippen LogP contribution in [0.15, 0.2) is 47.5 Å². The average Bonchev–Trinajstić information content (AvgIpc) is 3.32. The molecular weight excluding hydrogens is 488 g/mol. The molecule has 3 aromatic rings. The third kappa shape index (κ3) is 6.77. The summed E-state index contributed by atoms with van der Waals surface area (Å²) in [6.07, 6.45) is 7.14. The van der Waals surface area contributed by atoms with Gasteiger partial charge >= 0.3 is 0 Å². The van der Waals surface area contributed by atoms with Crippen molar-refractivity contribution in [3.05, 3.63) is 64.7 Å². The molecule has 1 fully saturated rings. The Morgan fingerprint density at radius 1 is 1.19 bits per heavy atom. The van der Waals surface area contributed by atoms with Crippen LogP contribution in [0.3, 0.4) is 0 Å². The molecule has 37 heavy (non-hydrogen) atoms. The van der Waals surface area contributed by atoms with Gasteiger partial charge in [0.25, 0.3) is 11.5 Å². The number of benzene rings is 1. The predicted molar refractivity (Wildman–Crippen MR) is 129 cm³/mol. The maximum atomic E-state index is 14.0. The van der Waals surface area contributed by atoms with Gasteiger partial charge in [-0.2, -0.15) is 10.2 Å². The van der Waals surface area contributed by atoms with Crippen molar-refractivity contribution in [2.45, 2.75) is 57.2 Å². The minimum Gasteiger partial charge on any atom is -0.449 e. The fourth-order valence-electron chi connectivity index (χ4n) is 4.46. The molecule has 1 amide bonds. The number of amides is 1. The average molecular weight is 518 g/mol. The first kappa shape index (κ1) is 26.4. The highest BCUT2D eigenvalue weighted by Gasteiger charge is 2.28. The van der Waals surface area contributed by atoms with E-state index in [0.29, 0.717) is 6.42 Å². The van der Waals surface area contributed by atoms with Crippen LogP contribution in [0, 0.1) is 17.6 Å². The Bertz CT molecular complexity index is 1250. The lowest BCUT2D eigenvalue weighted by Crippen LogP contribution is -2.36. The predicted octanol–water partition coefficient (Wildman–Crippen LogP) is 3.01. The molecule has 1 aliphatic carbocycles. The zero-order valence-corrected chi connectivity index (χ0v) is 20.1. The largest absolute Gasteiger partial charge is 0.449 e. The molecule has 12 heteroatoms. The molecule has 0 spiro atoms. The number of nitrogens with zero attached hydrogens (tertiary/aromatic N) is 4. The molecule has 1 saturated carbocycles. The number of ether oxygens (including phenoxy) is 1. The monoisotopic (exact) mass is 517 g/mol. The maximum absolute atomic E-state index is 14.0. The lowest BCUT2D eigenvalue weighted by Gasteiger charge is -2.26. The van der Waals surface area contributed by atoms with Gasteiger partial charge < -0.3 is 20.3 Å². The molecule has 198 valence electrons. The fourth-order valence-corrected chi connectivity index (χ4v) is 4.46. The highest BCUT2D eigenvalue weighted by molar-refractivity contribution is 5.92. The summed E-state index contributed by atoms with van der Waals surface area (Å²) in [6, 6.07) is 4.87. The van der Waals surface area contributed by atoms with Gasteiger partial charge in [-0.05, 0) is 24.5 Å². The summed E-state index contributed by atoms with van der Waals surface area (Å²) in [7, 11) is 0. The number of aromatic nitrogens is 4. The molecule has 4 rings (SSSR count). The van der Waals surface area contributed by atoms with Crippen LogP contribution in [-0.2, 0) is 11.3 Å². The number of halogens is 2. The van der Waals surface area contributed by atoms with Gasteiger partial charge in [0.15, 0.2) is 29.0 Å². The Morgan fingerprint density at radius 3 is 2.59 bits per heavy atom. The van der Waals surface area contributed by atoms with Gasteiger partial charge in [0.1, 0.15) is 6.04 Å². The molecule has 2 atom stereocenters. The third-order valence-electron chi connectivity index (χ3n) is 6.32. The van der Waals surface area contributed by atoms with Crippen molar-refractivity contribution in [3.63, 3.8) is 0 Å². The van der Waals surface area contributed by atoms with E-state index in [9.17, 15) is 23.5 Å². The second-order valence-electron chi connectivity index (χ2n) is 9.13. The number of carbonyl (C=O) groups excluding carboxylic acids is 1. The summed E-state index contributed by atoms with van der Waals surface area (Å²) in [5.41, 5.74) is -0.665. The lowest BCUT2D eigenvalue weighted by molar-refractivity contribution is -0.120. The van der Waals surface area contributed by atoms with Gasteiger partial charge in [0.05, 0.1) is 25.5 Å². The van der Waals surface area contributed by atoms with Gasteiger partial charge in [-0.1, -0.05) is 38.2 Å². The molecule has 3 N–H and O–H groups in total. The lowest BCUT2D eigenvalue weighted by atomic mass is 9.84. The number of aliphatic hydroxyl groups excluding tert-OH is 2. The summed E-state index contributed by atoms with van der Waals surface area (Å²) in [5.74, 6) is -2.73. The number of rotatable bonds is 10. The molecule has 0 saturated heterocycles. The third-order valence-corrected chi connectivity index (χ3v) is 6.32. The number of hydrogen-bond donors (Lipinski definition) is 3. The van der Waals surface area contributed by atoms with Crippen molar-refractivity contribution in [1.82, 2.24) is 19.6 Å². The van der Waals surface area contributed by atoms with Crippen molar-refractivity contribution in [3.8, 4) is 11.5 Å². The number of carbonyl (C=O) groups is 1. The van der Waals surface area contributed by atoms with E-state index in [1.54, 1.807) is 6.20 Å². The van der Waals surface area contributed by atoms with Crippen molar-refractivity contribution in [2.24, 2.45) is 5.92 Å². The summed E-state index contributed by atoms with van der Waals surface area (Å²) in [5, 5.41) is 29.6. The molecule has 0 bridgehead atoms. The first-order valence-corrected chi connectivity index (χ1v) is 12.2. The summed E-state index contributed by atoms with van der Waals surface area (Å²) < 4.78 is 35.6. The molecule has 0 unspecified atom stereocenters. The maximum Gasteiger partial charge on any atom is 0.271 e. The van der Waals surface area contributed by atoms with Crippen LogP contribution < -0.4 is 15.6 Å². The zero-order valence-electron chi connectivity index (χ0n) is 20.1. The Labute approximate surface area is 211 Å². The first-order valence-electron chi connectivity index (χ1n) is 12.2. The first-order chi connectivity index (χ1) is 17.8. The van der Waals surface area contributed by atoms with Crippen LogP contribution in [0.2, 0.25) is 0 Å². The number of aliphatic hydroxyl groups is 2. The van der Waals surface area contributed by atoms with Crippen LogP contribution >= 0.6 is 0 Å². The van der Waals surface area contributed by atoms with Crippen LogP contribution in [-0.4, -0.2) is 48.4 Å². The van der Waals surface area contributed by atoms with E-state index in [1.165, 1.54) is 16.8 Å². The van der Waals surface area contributed by atoms with Gasteiger partial charge in [-0.3, -0.25) is 14.3 Å². The minimum atomic E-state index is -0.996. The summed E-state index contributed by atoms with van der Waals surface area (Å²) >= 11 is 0. The quantitative estimate of drug-likeness (QED) is 0.377. The van der Waals surface area contributed by atoms with Crippen LogP contribution in [0.1, 0.15) is 44.6 Å². The van der Waals surface area contributed by atoms with Gasteiger partial charge in [0, 0.05) is 18.3 Å². The minimum absolute atomic E-state index is 0.0446. The second kappa shape index (κ2) is 12.1. The van der Waals surface area contributed by atoms with Gasteiger partial charge in [0.2, 0.25) is 0 Å². The Hall–Kier alpha value is -3.64. The number of anilines is 1. The highest BCUT2D eigenvalue weighted by atomic mass is 19.1. The van der Waals surface area contributed by atoms with Gasteiger partial charge in [-0.25, -0.2) is 13.5 Å². The van der Waals surface area contributed by atoms with Gasteiger partial charge in [-0.15, -0.1) is 0 Å². The molecule has 10 nitrogen and oxygen atoms in total.